The second-order valence-corrected chi connectivity index (χ2v) is 5.08. The fourth-order valence-electron chi connectivity index (χ4n) is 1.23. The molecule has 0 saturated heterocycles. The van der Waals surface area contributed by atoms with Crippen molar-refractivity contribution in [3.63, 3.8) is 0 Å². The minimum atomic E-state index is -0.368. The molecule has 2 rings (SSSR count). The van der Waals surface area contributed by atoms with Crippen LogP contribution in [0.3, 0.4) is 0 Å². The summed E-state index contributed by atoms with van der Waals surface area (Å²) in [7, 11) is 0. The minimum Gasteiger partial charge on any atom is -0.461 e. The quantitative estimate of drug-likeness (QED) is 0.847. The van der Waals surface area contributed by atoms with E-state index in [9.17, 15) is 4.79 Å². The van der Waals surface area contributed by atoms with E-state index < -0.39 is 0 Å². The first-order valence-electron chi connectivity index (χ1n) is 5.18. The number of hydrogen-bond donors (Lipinski definition) is 1. The predicted octanol–water partition coefficient (Wildman–Crippen LogP) is 2.99. The molecule has 17 heavy (non-hydrogen) atoms. The van der Waals surface area contributed by atoms with Crippen LogP contribution in [-0.2, 0) is 11.3 Å². The second kappa shape index (κ2) is 5.79. The average molecular weight is 268 g/mol. The molecule has 0 amide bonds. The molecular formula is C11H12N2O2S2. The van der Waals surface area contributed by atoms with Crippen LogP contribution >= 0.6 is 22.7 Å². The van der Waals surface area contributed by atoms with E-state index in [-0.39, 0.29) is 5.97 Å². The lowest BCUT2D eigenvalue weighted by molar-refractivity contribution is 0.0520. The zero-order valence-electron chi connectivity index (χ0n) is 9.30. The Bertz CT molecular complexity index is 479. The fraction of sp³-hybridized carbons (Fsp3) is 0.273. The van der Waals surface area contributed by atoms with Crippen LogP contribution in [0.15, 0.2) is 22.9 Å². The molecule has 90 valence electrons. The number of esters is 1. The van der Waals surface area contributed by atoms with E-state index in [0.29, 0.717) is 12.3 Å². The number of aromatic nitrogens is 1. The number of thiazole rings is 1. The maximum atomic E-state index is 11.4. The molecule has 0 fully saturated rings. The summed E-state index contributed by atoms with van der Waals surface area (Å²) in [5.41, 5.74) is 0.366. The van der Waals surface area contributed by atoms with Crippen molar-refractivity contribution < 1.29 is 9.53 Å². The van der Waals surface area contributed by atoms with Crippen molar-refractivity contribution in [3.8, 4) is 0 Å². The van der Waals surface area contributed by atoms with E-state index in [2.05, 4.69) is 16.4 Å². The molecule has 2 aromatic rings. The van der Waals surface area contributed by atoms with Crippen molar-refractivity contribution in [3.05, 3.63) is 33.5 Å². The number of hydrogen-bond acceptors (Lipinski definition) is 6. The van der Waals surface area contributed by atoms with Crippen LogP contribution < -0.4 is 5.32 Å². The first-order chi connectivity index (χ1) is 8.29. The SMILES string of the molecule is CCOC(=O)c1csc(NCc2cccs2)n1. The summed E-state index contributed by atoms with van der Waals surface area (Å²) in [5, 5.41) is 7.65. The Balaban J connectivity index is 1.92. The lowest BCUT2D eigenvalue weighted by Crippen LogP contribution is -2.05. The van der Waals surface area contributed by atoms with Gasteiger partial charge in [-0.2, -0.15) is 0 Å². The average Bonchev–Trinajstić information content (AvgIpc) is 2.98. The molecule has 0 aliphatic carbocycles. The molecule has 0 aromatic carbocycles. The van der Waals surface area contributed by atoms with Crippen LogP contribution in [-0.4, -0.2) is 17.6 Å². The number of thiophene rings is 1. The van der Waals surface area contributed by atoms with Crippen molar-refractivity contribution in [2.75, 3.05) is 11.9 Å². The van der Waals surface area contributed by atoms with Crippen molar-refractivity contribution in [2.45, 2.75) is 13.5 Å². The molecule has 2 heterocycles. The van der Waals surface area contributed by atoms with Gasteiger partial charge in [0, 0.05) is 10.3 Å². The highest BCUT2D eigenvalue weighted by Crippen LogP contribution is 2.18. The van der Waals surface area contributed by atoms with Gasteiger partial charge in [0.25, 0.3) is 0 Å². The Labute approximate surface area is 107 Å². The first-order valence-corrected chi connectivity index (χ1v) is 6.94. The molecule has 0 saturated carbocycles. The lowest BCUT2D eigenvalue weighted by Gasteiger charge is -1.99. The number of ether oxygens (including phenoxy) is 1. The van der Waals surface area contributed by atoms with Gasteiger partial charge in [-0.25, -0.2) is 9.78 Å². The van der Waals surface area contributed by atoms with Gasteiger partial charge in [-0.1, -0.05) is 6.07 Å². The van der Waals surface area contributed by atoms with E-state index in [1.807, 2.05) is 11.4 Å². The molecule has 0 unspecified atom stereocenters. The summed E-state index contributed by atoms with van der Waals surface area (Å²) in [6.07, 6.45) is 0. The van der Waals surface area contributed by atoms with Gasteiger partial charge in [-0.05, 0) is 18.4 Å². The Morgan fingerprint density at radius 3 is 3.12 bits per heavy atom. The molecule has 2 aromatic heterocycles. The van der Waals surface area contributed by atoms with Crippen LogP contribution in [0.4, 0.5) is 5.13 Å². The van der Waals surface area contributed by atoms with E-state index in [1.165, 1.54) is 16.2 Å². The van der Waals surface area contributed by atoms with E-state index in [0.717, 1.165) is 11.7 Å². The highest BCUT2D eigenvalue weighted by atomic mass is 32.1. The highest BCUT2D eigenvalue weighted by molar-refractivity contribution is 7.14. The Morgan fingerprint density at radius 1 is 1.53 bits per heavy atom. The van der Waals surface area contributed by atoms with E-state index in [4.69, 9.17) is 4.74 Å². The van der Waals surface area contributed by atoms with Crippen LogP contribution in [0.5, 0.6) is 0 Å². The minimum absolute atomic E-state index is 0.366. The fourth-order valence-corrected chi connectivity index (χ4v) is 2.55. The summed E-state index contributed by atoms with van der Waals surface area (Å²) in [5.74, 6) is -0.368. The summed E-state index contributed by atoms with van der Waals surface area (Å²) < 4.78 is 4.87. The summed E-state index contributed by atoms with van der Waals surface area (Å²) >= 11 is 3.09. The smallest absolute Gasteiger partial charge is 0.357 e. The van der Waals surface area contributed by atoms with Crippen molar-refractivity contribution in [1.82, 2.24) is 4.98 Å². The van der Waals surface area contributed by atoms with Gasteiger partial charge in [0.2, 0.25) is 0 Å². The summed E-state index contributed by atoms with van der Waals surface area (Å²) in [6.45, 7) is 2.88. The Hall–Kier alpha value is -1.40. The largest absolute Gasteiger partial charge is 0.461 e. The van der Waals surface area contributed by atoms with Crippen LogP contribution in [0, 0.1) is 0 Å². The van der Waals surface area contributed by atoms with Gasteiger partial charge < -0.3 is 10.1 Å². The number of nitrogens with zero attached hydrogens (tertiary/aromatic N) is 1. The first kappa shape index (κ1) is 12.1. The maximum Gasteiger partial charge on any atom is 0.357 e. The number of rotatable bonds is 5. The third kappa shape index (κ3) is 3.28. The molecule has 1 N–H and O–H groups in total. The molecule has 0 aliphatic rings. The van der Waals surface area contributed by atoms with Gasteiger partial charge in [-0.3, -0.25) is 0 Å². The number of carbonyl (C=O) groups excluding carboxylic acids is 1. The van der Waals surface area contributed by atoms with Gasteiger partial charge in [0.1, 0.15) is 0 Å². The molecule has 6 heteroatoms. The van der Waals surface area contributed by atoms with Gasteiger partial charge in [0.05, 0.1) is 13.2 Å². The van der Waals surface area contributed by atoms with Crippen molar-refractivity contribution in [2.24, 2.45) is 0 Å². The van der Waals surface area contributed by atoms with Gasteiger partial charge in [-0.15, -0.1) is 22.7 Å². The molecule has 0 bridgehead atoms. The third-order valence-corrected chi connectivity index (χ3v) is 3.66. The van der Waals surface area contributed by atoms with Crippen molar-refractivity contribution >= 4 is 33.8 Å². The molecule has 0 aliphatic heterocycles. The summed E-state index contributed by atoms with van der Waals surface area (Å²) in [4.78, 5) is 16.8. The highest BCUT2D eigenvalue weighted by Gasteiger charge is 2.11. The normalized spacial score (nSPS) is 10.2. The van der Waals surface area contributed by atoms with Gasteiger partial charge in [0.15, 0.2) is 10.8 Å². The maximum absolute atomic E-state index is 11.4. The van der Waals surface area contributed by atoms with Gasteiger partial charge >= 0.3 is 5.97 Å². The molecule has 0 spiro atoms. The molecule has 0 atom stereocenters. The standard InChI is InChI=1S/C11H12N2O2S2/c1-2-15-10(14)9-7-17-11(13-9)12-6-8-4-3-5-16-8/h3-5,7H,2,6H2,1H3,(H,12,13). The van der Waals surface area contributed by atoms with E-state index >= 15 is 0 Å². The number of carbonyl (C=O) groups is 1. The van der Waals surface area contributed by atoms with Crippen LogP contribution in [0.1, 0.15) is 22.3 Å². The molecule has 4 nitrogen and oxygen atoms in total. The zero-order valence-corrected chi connectivity index (χ0v) is 10.9. The Morgan fingerprint density at radius 2 is 2.41 bits per heavy atom. The second-order valence-electron chi connectivity index (χ2n) is 3.19. The molecule has 0 radical (unpaired) electrons. The topological polar surface area (TPSA) is 51.2 Å². The number of nitrogens with one attached hydrogen (secondary N) is 1. The zero-order chi connectivity index (χ0) is 12.1. The monoisotopic (exact) mass is 268 g/mol. The third-order valence-electron chi connectivity index (χ3n) is 1.98. The summed E-state index contributed by atoms with van der Waals surface area (Å²) in [6, 6.07) is 4.06. The Kier molecular flexibility index (Phi) is 4.11. The molecular weight excluding hydrogens is 256 g/mol. The van der Waals surface area contributed by atoms with Crippen LogP contribution in [0.25, 0.3) is 0 Å². The van der Waals surface area contributed by atoms with E-state index in [1.54, 1.807) is 23.6 Å². The predicted molar refractivity (Wildman–Crippen MR) is 69.7 cm³/mol. The van der Waals surface area contributed by atoms with Crippen molar-refractivity contribution in [1.29, 1.82) is 0 Å². The van der Waals surface area contributed by atoms with Crippen LogP contribution in [0.2, 0.25) is 0 Å². The lowest BCUT2D eigenvalue weighted by atomic mass is 10.5. The number of anilines is 1.